The molecular formula is C17H20FN3O2. The third kappa shape index (κ3) is 4.03. The summed E-state index contributed by atoms with van der Waals surface area (Å²) in [7, 11) is 1.71. The Hall–Kier alpha value is -2.05. The first-order valence-electron chi connectivity index (χ1n) is 7.59. The molecule has 122 valence electrons. The highest BCUT2D eigenvalue weighted by molar-refractivity contribution is 5.22. The number of hydrogen-bond donors (Lipinski definition) is 0. The second kappa shape index (κ2) is 7.02. The lowest BCUT2D eigenvalue weighted by Crippen LogP contribution is -2.41. The zero-order valence-electron chi connectivity index (χ0n) is 13.1. The molecule has 0 radical (unpaired) electrons. The van der Waals surface area contributed by atoms with Crippen LogP contribution in [0.25, 0.3) is 0 Å². The van der Waals surface area contributed by atoms with Gasteiger partial charge in [-0.3, -0.25) is 4.90 Å². The lowest BCUT2D eigenvalue weighted by atomic mass is 10.0. The third-order valence-corrected chi connectivity index (χ3v) is 4.16. The van der Waals surface area contributed by atoms with Crippen molar-refractivity contribution in [3.8, 4) is 5.75 Å². The fourth-order valence-electron chi connectivity index (χ4n) is 2.82. The fourth-order valence-corrected chi connectivity index (χ4v) is 2.82. The second-order valence-corrected chi connectivity index (χ2v) is 5.84. The standard InChI is InChI=1S/C17H20FN3O2/c1-22-17(12-23-16-4-2-15(18)3-5-16)6-7-21(11-17)10-14-8-19-13-20-9-14/h2-5,8-9,13H,6-7,10-12H2,1H3/t17-/m1/s1. The summed E-state index contributed by atoms with van der Waals surface area (Å²) in [6.07, 6.45) is 6.07. The number of nitrogens with zero attached hydrogens (tertiary/aromatic N) is 3. The number of aromatic nitrogens is 2. The Kier molecular flexibility index (Phi) is 4.83. The molecule has 0 aliphatic carbocycles. The predicted molar refractivity (Wildman–Crippen MR) is 83.6 cm³/mol. The molecule has 1 atom stereocenters. The molecule has 0 saturated carbocycles. The van der Waals surface area contributed by atoms with E-state index in [1.807, 2.05) is 12.4 Å². The molecule has 1 fully saturated rings. The van der Waals surface area contributed by atoms with E-state index in [1.165, 1.54) is 18.5 Å². The summed E-state index contributed by atoms with van der Waals surface area (Å²) in [6, 6.07) is 6.05. The van der Waals surface area contributed by atoms with Gasteiger partial charge in [0.05, 0.1) is 0 Å². The Morgan fingerprint density at radius 1 is 1.22 bits per heavy atom. The highest BCUT2D eigenvalue weighted by atomic mass is 19.1. The van der Waals surface area contributed by atoms with Gasteiger partial charge in [0.25, 0.3) is 0 Å². The van der Waals surface area contributed by atoms with Crippen molar-refractivity contribution in [3.63, 3.8) is 0 Å². The van der Waals surface area contributed by atoms with E-state index >= 15 is 0 Å². The van der Waals surface area contributed by atoms with E-state index in [0.29, 0.717) is 12.4 Å². The van der Waals surface area contributed by atoms with Gasteiger partial charge >= 0.3 is 0 Å². The highest BCUT2D eigenvalue weighted by Gasteiger charge is 2.39. The lowest BCUT2D eigenvalue weighted by molar-refractivity contribution is -0.0359. The van der Waals surface area contributed by atoms with Gasteiger partial charge in [0.1, 0.15) is 30.1 Å². The number of rotatable bonds is 6. The van der Waals surface area contributed by atoms with E-state index in [-0.39, 0.29) is 11.4 Å². The van der Waals surface area contributed by atoms with Gasteiger partial charge in [0.15, 0.2) is 0 Å². The molecule has 2 aromatic rings. The maximum absolute atomic E-state index is 12.9. The van der Waals surface area contributed by atoms with Crippen molar-refractivity contribution >= 4 is 0 Å². The molecule has 1 aliphatic heterocycles. The Labute approximate surface area is 135 Å². The van der Waals surface area contributed by atoms with Crippen LogP contribution < -0.4 is 4.74 Å². The molecule has 5 nitrogen and oxygen atoms in total. The fraction of sp³-hybridized carbons (Fsp3) is 0.412. The van der Waals surface area contributed by atoms with Gasteiger partial charge in [-0.2, -0.15) is 0 Å². The Morgan fingerprint density at radius 2 is 1.96 bits per heavy atom. The summed E-state index contributed by atoms with van der Waals surface area (Å²) < 4.78 is 24.5. The minimum Gasteiger partial charge on any atom is -0.491 e. The van der Waals surface area contributed by atoms with Crippen molar-refractivity contribution in [1.82, 2.24) is 14.9 Å². The van der Waals surface area contributed by atoms with Crippen LogP contribution in [0.3, 0.4) is 0 Å². The molecule has 0 unspecified atom stereocenters. The van der Waals surface area contributed by atoms with Crippen LogP contribution >= 0.6 is 0 Å². The molecule has 3 rings (SSSR count). The first-order valence-corrected chi connectivity index (χ1v) is 7.59. The highest BCUT2D eigenvalue weighted by Crippen LogP contribution is 2.27. The first kappa shape index (κ1) is 15.8. The maximum atomic E-state index is 12.9. The van der Waals surface area contributed by atoms with Gasteiger partial charge in [-0.15, -0.1) is 0 Å². The maximum Gasteiger partial charge on any atom is 0.123 e. The number of ether oxygens (including phenoxy) is 2. The first-order chi connectivity index (χ1) is 11.2. The largest absolute Gasteiger partial charge is 0.491 e. The average Bonchev–Trinajstić information content (AvgIpc) is 2.99. The average molecular weight is 317 g/mol. The zero-order chi connectivity index (χ0) is 16.1. The van der Waals surface area contributed by atoms with E-state index in [0.717, 1.165) is 31.6 Å². The SMILES string of the molecule is CO[C@]1(COc2ccc(F)cc2)CCN(Cc2cncnc2)C1. The van der Waals surface area contributed by atoms with Gasteiger partial charge in [-0.05, 0) is 30.7 Å². The quantitative estimate of drug-likeness (QED) is 0.818. The summed E-state index contributed by atoms with van der Waals surface area (Å²) in [5.41, 5.74) is 0.739. The molecule has 2 heterocycles. The number of likely N-dealkylation sites (tertiary alicyclic amines) is 1. The molecule has 1 saturated heterocycles. The van der Waals surface area contributed by atoms with Crippen LogP contribution in [0, 0.1) is 5.82 Å². The predicted octanol–water partition coefficient (Wildman–Crippen LogP) is 2.29. The van der Waals surface area contributed by atoms with Gasteiger partial charge in [0.2, 0.25) is 0 Å². The zero-order valence-corrected chi connectivity index (χ0v) is 13.1. The van der Waals surface area contributed by atoms with E-state index < -0.39 is 0 Å². The minimum absolute atomic E-state index is 0.268. The van der Waals surface area contributed by atoms with Crippen LogP contribution in [0.15, 0.2) is 43.0 Å². The van der Waals surface area contributed by atoms with E-state index in [1.54, 1.807) is 19.2 Å². The monoisotopic (exact) mass is 317 g/mol. The summed E-state index contributed by atoms with van der Waals surface area (Å²) in [6.45, 7) is 2.94. The van der Waals surface area contributed by atoms with Crippen LogP contribution in [0.2, 0.25) is 0 Å². The van der Waals surface area contributed by atoms with Gasteiger partial charge in [0, 0.05) is 44.7 Å². The van der Waals surface area contributed by atoms with E-state index in [4.69, 9.17) is 9.47 Å². The smallest absolute Gasteiger partial charge is 0.123 e. The molecule has 1 aromatic carbocycles. The molecule has 0 spiro atoms. The van der Waals surface area contributed by atoms with Crippen LogP contribution in [-0.4, -0.2) is 47.3 Å². The minimum atomic E-state index is -0.343. The van der Waals surface area contributed by atoms with Gasteiger partial charge in [-0.1, -0.05) is 0 Å². The molecule has 6 heteroatoms. The molecule has 1 aromatic heterocycles. The molecule has 0 N–H and O–H groups in total. The van der Waals surface area contributed by atoms with Crippen molar-refractivity contribution in [2.45, 2.75) is 18.6 Å². The van der Waals surface area contributed by atoms with Crippen molar-refractivity contribution in [1.29, 1.82) is 0 Å². The molecule has 0 bridgehead atoms. The van der Waals surface area contributed by atoms with Crippen LogP contribution in [0.4, 0.5) is 4.39 Å². The van der Waals surface area contributed by atoms with Crippen molar-refractivity contribution < 1.29 is 13.9 Å². The summed E-state index contributed by atoms with van der Waals surface area (Å²) >= 11 is 0. The van der Waals surface area contributed by atoms with Crippen LogP contribution in [0.1, 0.15) is 12.0 Å². The second-order valence-electron chi connectivity index (χ2n) is 5.84. The number of hydrogen-bond acceptors (Lipinski definition) is 5. The Bertz CT molecular complexity index is 623. The van der Waals surface area contributed by atoms with Gasteiger partial charge < -0.3 is 9.47 Å². The molecule has 23 heavy (non-hydrogen) atoms. The normalized spacial score (nSPS) is 21.5. The van der Waals surface area contributed by atoms with Crippen molar-refractivity contribution in [2.75, 3.05) is 26.8 Å². The van der Waals surface area contributed by atoms with Crippen molar-refractivity contribution in [3.05, 3.63) is 54.4 Å². The van der Waals surface area contributed by atoms with Crippen LogP contribution in [0.5, 0.6) is 5.75 Å². The van der Waals surface area contributed by atoms with Crippen LogP contribution in [-0.2, 0) is 11.3 Å². The molecule has 1 aliphatic rings. The van der Waals surface area contributed by atoms with E-state index in [2.05, 4.69) is 14.9 Å². The lowest BCUT2D eigenvalue weighted by Gasteiger charge is -2.28. The van der Waals surface area contributed by atoms with E-state index in [9.17, 15) is 4.39 Å². The Balaban J connectivity index is 1.57. The molecular weight excluding hydrogens is 297 g/mol. The van der Waals surface area contributed by atoms with Gasteiger partial charge in [-0.25, -0.2) is 14.4 Å². The van der Waals surface area contributed by atoms with Crippen molar-refractivity contribution in [2.24, 2.45) is 0 Å². The summed E-state index contributed by atoms with van der Waals surface area (Å²) in [4.78, 5) is 10.4. The number of benzene rings is 1. The summed E-state index contributed by atoms with van der Waals surface area (Å²) in [5.74, 6) is 0.383. The number of methoxy groups -OCH3 is 1. The summed E-state index contributed by atoms with van der Waals surface area (Å²) in [5, 5.41) is 0. The topological polar surface area (TPSA) is 47.5 Å². The number of halogens is 1. The molecule has 0 amide bonds. The third-order valence-electron chi connectivity index (χ3n) is 4.16. The Morgan fingerprint density at radius 3 is 2.65 bits per heavy atom.